The minimum atomic E-state index is 0.0144. The highest BCUT2D eigenvalue weighted by atomic mass is 16.3. The van der Waals surface area contributed by atoms with Gasteiger partial charge in [-0.05, 0) is 74.5 Å². The number of hydrogen-bond donors (Lipinski definition) is 2. The molecule has 0 aromatic heterocycles. The van der Waals surface area contributed by atoms with Crippen molar-refractivity contribution in [2.45, 2.75) is 44.1 Å². The van der Waals surface area contributed by atoms with E-state index in [0.717, 1.165) is 50.9 Å². The van der Waals surface area contributed by atoms with Gasteiger partial charge in [-0.1, -0.05) is 30.3 Å². The first-order chi connectivity index (χ1) is 13.2. The number of carbonyl (C=O) groups is 1. The van der Waals surface area contributed by atoms with Crippen LogP contribution in [0, 0.1) is 0 Å². The quantitative estimate of drug-likeness (QED) is 0.769. The first-order valence-corrected chi connectivity index (χ1v) is 10.1. The van der Waals surface area contributed by atoms with Crippen molar-refractivity contribution < 1.29 is 9.90 Å². The molecule has 1 aliphatic heterocycles. The largest absolute Gasteiger partial charge is 0.508 e. The van der Waals surface area contributed by atoms with Crippen LogP contribution >= 0.6 is 0 Å². The Bertz CT molecular complexity index is 790. The minimum absolute atomic E-state index is 0.0144. The van der Waals surface area contributed by atoms with Gasteiger partial charge < -0.3 is 10.4 Å². The van der Waals surface area contributed by atoms with Crippen molar-refractivity contribution in [3.8, 4) is 5.75 Å². The van der Waals surface area contributed by atoms with Gasteiger partial charge >= 0.3 is 0 Å². The van der Waals surface area contributed by atoms with Gasteiger partial charge in [-0.3, -0.25) is 9.69 Å². The molecule has 0 unspecified atom stereocenters. The van der Waals surface area contributed by atoms with Crippen molar-refractivity contribution in [3.05, 3.63) is 65.2 Å². The molecule has 142 valence electrons. The van der Waals surface area contributed by atoms with Crippen molar-refractivity contribution in [3.63, 3.8) is 0 Å². The zero-order valence-corrected chi connectivity index (χ0v) is 15.7. The van der Waals surface area contributed by atoms with Gasteiger partial charge in [0.1, 0.15) is 5.75 Å². The van der Waals surface area contributed by atoms with E-state index >= 15 is 0 Å². The Morgan fingerprint density at radius 1 is 1.07 bits per heavy atom. The number of amides is 1. The molecule has 4 nitrogen and oxygen atoms in total. The van der Waals surface area contributed by atoms with E-state index in [4.69, 9.17) is 0 Å². The number of aromatic hydroxyl groups is 1. The van der Waals surface area contributed by atoms with Gasteiger partial charge in [0, 0.05) is 24.1 Å². The maximum Gasteiger partial charge on any atom is 0.251 e. The number of nitrogens with one attached hydrogen (secondary N) is 1. The number of nitrogens with zero attached hydrogens (tertiary/aromatic N) is 1. The molecule has 4 rings (SSSR count). The lowest BCUT2D eigenvalue weighted by molar-refractivity contribution is 0.0952. The van der Waals surface area contributed by atoms with E-state index in [9.17, 15) is 9.90 Å². The normalized spacial score (nSPS) is 21.5. The Hall–Kier alpha value is -2.33. The third-order valence-corrected chi connectivity index (χ3v) is 6.13. The highest BCUT2D eigenvalue weighted by Gasteiger charge is 2.38. The molecule has 2 aliphatic rings. The second-order valence-electron chi connectivity index (χ2n) is 7.71. The molecule has 1 saturated heterocycles. The van der Waals surface area contributed by atoms with E-state index < -0.39 is 0 Å². The first-order valence-electron chi connectivity index (χ1n) is 10.1. The number of unbranched alkanes of at least 4 members (excludes halogenated alkanes) is 1. The van der Waals surface area contributed by atoms with Gasteiger partial charge in [0.05, 0.1) is 0 Å². The fourth-order valence-electron chi connectivity index (χ4n) is 4.78. The van der Waals surface area contributed by atoms with E-state index in [2.05, 4.69) is 16.3 Å². The number of carbonyl (C=O) groups excluding carboxylic acids is 1. The maximum absolute atomic E-state index is 12.1. The molecule has 0 bridgehead atoms. The van der Waals surface area contributed by atoms with Crippen LogP contribution in [0.3, 0.4) is 0 Å². The van der Waals surface area contributed by atoms with E-state index in [1.165, 1.54) is 17.5 Å². The summed E-state index contributed by atoms with van der Waals surface area (Å²) in [6.07, 6.45) is 5.41. The number of likely N-dealkylation sites (tertiary alicyclic amines) is 1. The molecule has 0 radical (unpaired) electrons. The minimum Gasteiger partial charge on any atom is -0.508 e. The van der Waals surface area contributed by atoms with Crippen LogP contribution in [0.1, 0.15) is 53.1 Å². The van der Waals surface area contributed by atoms with Crippen LogP contribution in [0.15, 0.2) is 48.5 Å². The highest BCUT2D eigenvalue weighted by molar-refractivity contribution is 5.94. The van der Waals surface area contributed by atoms with E-state index in [-0.39, 0.29) is 5.91 Å². The monoisotopic (exact) mass is 364 g/mol. The Kier molecular flexibility index (Phi) is 5.44. The van der Waals surface area contributed by atoms with Crippen molar-refractivity contribution in [2.75, 3.05) is 19.6 Å². The zero-order chi connectivity index (χ0) is 18.6. The van der Waals surface area contributed by atoms with Crippen molar-refractivity contribution in [1.29, 1.82) is 0 Å². The number of phenolic OH excluding ortho intramolecular Hbond substituents is 1. The molecule has 1 aliphatic carbocycles. The summed E-state index contributed by atoms with van der Waals surface area (Å²) < 4.78 is 0. The van der Waals surface area contributed by atoms with Gasteiger partial charge in [-0.15, -0.1) is 0 Å². The van der Waals surface area contributed by atoms with Crippen LogP contribution in [-0.2, 0) is 6.42 Å². The van der Waals surface area contributed by atoms with E-state index in [1.807, 2.05) is 42.5 Å². The fraction of sp³-hybridized carbons (Fsp3) is 0.435. The zero-order valence-electron chi connectivity index (χ0n) is 15.7. The van der Waals surface area contributed by atoms with Crippen molar-refractivity contribution in [1.82, 2.24) is 10.2 Å². The van der Waals surface area contributed by atoms with Gasteiger partial charge in [-0.25, -0.2) is 0 Å². The molecular formula is C23H28N2O2. The van der Waals surface area contributed by atoms with Gasteiger partial charge in [-0.2, -0.15) is 0 Å². The summed E-state index contributed by atoms with van der Waals surface area (Å²) in [4.78, 5) is 14.7. The molecule has 1 amide bonds. The number of benzene rings is 2. The summed E-state index contributed by atoms with van der Waals surface area (Å²) in [6.45, 7) is 2.96. The standard InChI is InChI=1S/C23H28N2O2/c26-22-10-6-9-18-19-13-16-25(21(19)12-11-20(18)22)15-5-4-14-24-23(27)17-7-2-1-3-8-17/h1-3,6-10,19,21,26H,4-5,11-16H2,(H,24,27)/t19-,21+/m0/s1. The molecule has 0 saturated carbocycles. The summed E-state index contributed by atoms with van der Waals surface area (Å²) in [5.74, 6) is 1.05. The van der Waals surface area contributed by atoms with Crippen molar-refractivity contribution in [2.24, 2.45) is 0 Å². The van der Waals surface area contributed by atoms with Crippen molar-refractivity contribution >= 4 is 5.91 Å². The first kappa shape index (κ1) is 18.1. The Morgan fingerprint density at radius 2 is 1.93 bits per heavy atom. The Morgan fingerprint density at radius 3 is 2.78 bits per heavy atom. The third-order valence-electron chi connectivity index (χ3n) is 6.13. The van der Waals surface area contributed by atoms with E-state index in [1.54, 1.807) is 0 Å². The molecule has 1 heterocycles. The van der Waals surface area contributed by atoms with E-state index in [0.29, 0.717) is 17.7 Å². The summed E-state index contributed by atoms with van der Waals surface area (Å²) >= 11 is 0. The van der Waals surface area contributed by atoms with Crippen LogP contribution in [0.4, 0.5) is 0 Å². The number of phenols is 1. The molecular weight excluding hydrogens is 336 g/mol. The topological polar surface area (TPSA) is 52.6 Å². The van der Waals surface area contributed by atoms with Crippen LogP contribution in [0.25, 0.3) is 0 Å². The molecule has 2 aromatic carbocycles. The smallest absolute Gasteiger partial charge is 0.251 e. The Labute approximate surface area is 161 Å². The average Bonchev–Trinajstić information content (AvgIpc) is 3.12. The summed E-state index contributed by atoms with van der Waals surface area (Å²) in [5, 5.41) is 13.1. The molecule has 2 atom stereocenters. The second kappa shape index (κ2) is 8.13. The highest BCUT2D eigenvalue weighted by Crippen LogP contribution is 2.43. The third kappa shape index (κ3) is 3.86. The maximum atomic E-state index is 12.1. The van der Waals surface area contributed by atoms with Crippen LogP contribution in [0.2, 0.25) is 0 Å². The lowest BCUT2D eigenvalue weighted by atomic mass is 9.79. The van der Waals surface area contributed by atoms with Crippen LogP contribution in [0.5, 0.6) is 5.75 Å². The Balaban J connectivity index is 1.23. The average molecular weight is 364 g/mol. The lowest BCUT2D eigenvalue weighted by Gasteiger charge is -2.33. The molecule has 4 heteroatoms. The second-order valence-corrected chi connectivity index (χ2v) is 7.71. The molecule has 1 fully saturated rings. The molecule has 2 aromatic rings. The fourth-order valence-corrected chi connectivity index (χ4v) is 4.78. The predicted octanol–water partition coefficient (Wildman–Crippen LogP) is 3.71. The lowest BCUT2D eigenvalue weighted by Crippen LogP contribution is -2.36. The van der Waals surface area contributed by atoms with Crippen LogP contribution in [-0.4, -0.2) is 41.6 Å². The SMILES string of the molecule is O=C(NCCCCN1CC[C@H]2c3cccc(O)c3CC[C@H]21)c1ccccc1. The van der Waals surface area contributed by atoms with Gasteiger partial charge in [0.15, 0.2) is 0 Å². The molecule has 27 heavy (non-hydrogen) atoms. The van der Waals surface area contributed by atoms with Gasteiger partial charge in [0.2, 0.25) is 0 Å². The number of hydrogen-bond acceptors (Lipinski definition) is 3. The van der Waals surface area contributed by atoms with Gasteiger partial charge in [0.25, 0.3) is 5.91 Å². The number of rotatable bonds is 6. The number of fused-ring (bicyclic) bond motifs is 3. The summed E-state index contributed by atoms with van der Waals surface area (Å²) in [5.41, 5.74) is 3.26. The summed E-state index contributed by atoms with van der Waals surface area (Å²) in [7, 11) is 0. The summed E-state index contributed by atoms with van der Waals surface area (Å²) in [6, 6.07) is 16.0. The predicted molar refractivity (Wildman–Crippen MR) is 107 cm³/mol. The van der Waals surface area contributed by atoms with Crippen LogP contribution < -0.4 is 5.32 Å². The molecule has 0 spiro atoms. The molecule has 2 N–H and O–H groups in total.